The predicted octanol–water partition coefficient (Wildman–Crippen LogP) is 4.33. The van der Waals surface area contributed by atoms with E-state index in [1.54, 1.807) is 6.20 Å². The van der Waals surface area contributed by atoms with Crippen LogP contribution >= 0.6 is 0 Å². The van der Waals surface area contributed by atoms with E-state index in [0.717, 1.165) is 35.1 Å². The van der Waals surface area contributed by atoms with Gasteiger partial charge in [-0.05, 0) is 32.4 Å². The van der Waals surface area contributed by atoms with Crippen LogP contribution in [0.2, 0.25) is 0 Å². The van der Waals surface area contributed by atoms with Crippen molar-refractivity contribution in [3.05, 3.63) is 30.0 Å². The summed E-state index contributed by atoms with van der Waals surface area (Å²) in [5.74, 6) is 0.974. The van der Waals surface area contributed by atoms with Gasteiger partial charge in [-0.2, -0.15) is 0 Å². The summed E-state index contributed by atoms with van der Waals surface area (Å²) in [6, 6.07) is 5.84. The van der Waals surface area contributed by atoms with Crippen LogP contribution in [0, 0.1) is 0 Å². The molecule has 0 fully saturated rings. The number of aromatic amines is 1. The van der Waals surface area contributed by atoms with E-state index in [9.17, 15) is 4.79 Å². The van der Waals surface area contributed by atoms with Crippen molar-refractivity contribution in [2.24, 2.45) is 0 Å². The van der Waals surface area contributed by atoms with Crippen molar-refractivity contribution in [3.63, 3.8) is 0 Å². The average Bonchev–Trinajstić information content (AvgIpc) is 2.80. The lowest BCUT2D eigenvalue weighted by molar-refractivity contribution is 0.0981. The summed E-state index contributed by atoms with van der Waals surface area (Å²) in [6.07, 6.45) is 4.45. The molecule has 0 radical (unpaired) electrons. The molecule has 2 rings (SSSR count). The minimum absolute atomic E-state index is 0.0964. The van der Waals surface area contributed by atoms with Gasteiger partial charge in [-0.25, -0.2) is 0 Å². The number of ketones is 1. The zero-order valence-electron chi connectivity index (χ0n) is 11.8. The highest BCUT2D eigenvalue weighted by molar-refractivity contribution is 6.09. The molecule has 0 aliphatic carbocycles. The summed E-state index contributed by atoms with van der Waals surface area (Å²) in [5, 5.41) is 0.914. The molecular formula is C16H21NO2. The van der Waals surface area contributed by atoms with Gasteiger partial charge in [-0.1, -0.05) is 19.4 Å². The first-order valence-electron chi connectivity index (χ1n) is 6.93. The standard InChI is InChI=1S/C16H21NO2/c1-4-5-8-14(18)12-10-17-13-7-6-9-15(16(12)13)19-11(2)3/h6-7,9-11,17H,4-5,8H2,1-3H3. The van der Waals surface area contributed by atoms with Gasteiger partial charge in [0, 0.05) is 23.7 Å². The van der Waals surface area contributed by atoms with Gasteiger partial charge in [-0.3, -0.25) is 4.79 Å². The molecule has 102 valence electrons. The quantitative estimate of drug-likeness (QED) is 0.785. The molecular weight excluding hydrogens is 238 g/mol. The van der Waals surface area contributed by atoms with Gasteiger partial charge in [0.2, 0.25) is 0 Å². The third kappa shape index (κ3) is 2.98. The summed E-state index contributed by atoms with van der Waals surface area (Å²) < 4.78 is 5.81. The number of benzene rings is 1. The number of rotatable bonds is 6. The molecule has 1 aromatic heterocycles. The number of H-pyrrole nitrogens is 1. The van der Waals surface area contributed by atoms with E-state index < -0.39 is 0 Å². The van der Waals surface area contributed by atoms with Crippen LogP contribution in [0.4, 0.5) is 0 Å². The van der Waals surface area contributed by atoms with Gasteiger partial charge in [0.1, 0.15) is 5.75 Å². The van der Waals surface area contributed by atoms with Crippen molar-refractivity contribution >= 4 is 16.7 Å². The average molecular weight is 259 g/mol. The Bertz CT molecular complexity index is 569. The van der Waals surface area contributed by atoms with E-state index in [0.29, 0.717) is 6.42 Å². The van der Waals surface area contributed by atoms with E-state index >= 15 is 0 Å². The molecule has 1 N–H and O–H groups in total. The maximum absolute atomic E-state index is 12.2. The fraction of sp³-hybridized carbons (Fsp3) is 0.438. The second kappa shape index (κ2) is 5.91. The first-order chi connectivity index (χ1) is 9.13. The van der Waals surface area contributed by atoms with Crippen LogP contribution in [0.1, 0.15) is 50.4 Å². The van der Waals surface area contributed by atoms with E-state index in [4.69, 9.17) is 4.74 Å². The Morgan fingerprint density at radius 1 is 1.37 bits per heavy atom. The molecule has 19 heavy (non-hydrogen) atoms. The summed E-state index contributed by atoms with van der Waals surface area (Å²) in [7, 11) is 0. The highest BCUT2D eigenvalue weighted by Gasteiger charge is 2.15. The molecule has 0 atom stereocenters. The zero-order valence-corrected chi connectivity index (χ0v) is 11.8. The number of unbranched alkanes of at least 4 members (excludes halogenated alkanes) is 1. The summed E-state index contributed by atoms with van der Waals surface area (Å²) >= 11 is 0. The molecule has 0 unspecified atom stereocenters. The van der Waals surface area contributed by atoms with Crippen LogP contribution in [0.15, 0.2) is 24.4 Å². The van der Waals surface area contributed by atoms with Gasteiger partial charge < -0.3 is 9.72 Å². The van der Waals surface area contributed by atoms with Crippen molar-refractivity contribution in [1.29, 1.82) is 0 Å². The minimum Gasteiger partial charge on any atom is -0.490 e. The summed E-state index contributed by atoms with van der Waals surface area (Å²) in [5.41, 5.74) is 1.71. The molecule has 0 aliphatic rings. The van der Waals surface area contributed by atoms with E-state index in [1.165, 1.54) is 0 Å². The highest BCUT2D eigenvalue weighted by Crippen LogP contribution is 2.30. The highest BCUT2D eigenvalue weighted by atomic mass is 16.5. The minimum atomic E-state index is 0.0964. The third-order valence-electron chi connectivity index (χ3n) is 3.09. The van der Waals surface area contributed by atoms with Crippen molar-refractivity contribution in [3.8, 4) is 5.75 Å². The number of nitrogens with one attached hydrogen (secondary N) is 1. The Labute approximate surface area is 114 Å². The number of hydrogen-bond donors (Lipinski definition) is 1. The Balaban J connectivity index is 2.41. The molecule has 3 nitrogen and oxygen atoms in total. The fourth-order valence-corrected chi connectivity index (χ4v) is 2.20. The predicted molar refractivity (Wildman–Crippen MR) is 77.9 cm³/mol. The van der Waals surface area contributed by atoms with Crippen LogP contribution in [0.5, 0.6) is 5.75 Å². The van der Waals surface area contributed by atoms with Crippen molar-refractivity contribution in [1.82, 2.24) is 4.98 Å². The van der Waals surface area contributed by atoms with Crippen LogP contribution in [-0.4, -0.2) is 16.9 Å². The Morgan fingerprint density at radius 2 is 2.16 bits per heavy atom. The SMILES string of the molecule is CCCCC(=O)c1c[nH]c2cccc(OC(C)C)c12. The Morgan fingerprint density at radius 3 is 2.84 bits per heavy atom. The molecule has 0 amide bonds. The number of aromatic nitrogens is 1. The largest absolute Gasteiger partial charge is 0.490 e. The number of fused-ring (bicyclic) bond motifs is 1. The van der Waals surface area contributed by atoms with Gasteiger partial charge in [0.05, 0.1) is 11.5 Å². The molecule has 1 aromatic carbocycles. The number of carbonyl (C=O) groups is 1. The summed E-state index contributed by atoms with van der Waals surface area (Å²) in [4.78, 5) is 15.4. The number of Topliss-reactive ketones (excluding diaryl/α,β-unsaturated/α-hetero) is 1. The van der Waals surface area contributed by atoms with Gasteiger partial charge >= 0.3 is 0 Å². The van der Waals surface area contributed by atoms with Crippen LogP contribution < -0.4 is 4.74 Å². The summed E-state index contributed by atoms with van der Waals surface area (Å²) in [6.45, 7) is 6.07. The molecule has 1 heterocycles. The van der Waals surface area contributed by atoms with E-state index in [-0.39, 0.29) is 11.9 Å². The second-order valence-electron chi connectivity index (χ2n) is 5.07. The molecule has 0 bridgehead atoms. The number of hydrogen-bond acceptors (Lipinski definition) is 2. The Kier molecular flexibility index (Phi) is 4.25. The first-order valence-corrected chi connectivity index (χ1v) is 6.93. The first kappa shape index (κ1) is 13.7. The topological polar surface area (TPSA) is 42.1 Å². The maximum Gasteiger partial charge on any atom is 0.165 e. The van der Waals surface area contributed by atoms with Gasteiger partial charge in [-0.15, -0.1) is 0 Å². The van der Waals surface area contributed by atoms with Crippen LogP contribution in [0.3, 0.4) is 0 Å². The van der Waals surface area contributed by atoms with Crippen molar-refractivity contribution in [2.45, 2.75) is 46.1 Å². The van der Waals surface area contributed by atoms with Crippen molar-refractivity contribution < 1.29 is 9.53 Å². The molecule has 0 saturated heterocycles. The molecule has 0 saturated carbocycles. The van der Waals surface area contributed by atoms with Gasteiger partial charge in [0.25, 0.3) is 0 Å². The van der Waals surface area contributed by atoms with E-state index in [2.05, 4.69) is 11.9 Å². The van der Waals surface area contributed by atoms with Crippen molar-refractivity contribution in [2.75, 3.05) is 0 Å². The lowest BCUT2D eigenvalue weighted by Gasteiger charge is -2.11. The lowest BCUT2D eigenvalue weighted by Crippen LogP contribution is -2.06. The zero-order chi connectivity index (χ0) is 13.8. The smallest absolute Gasteiger partial charge is 0.165 e. The number of carbonyl (C=O) groups excluding carboxylic acids is 1. The van der Waals surface area contributed by atoms with E-state index in [1.807, 2.05) is 32.0 Å². The fourth-order valence-electron chi connectivity index (χ4n) is 2.20. The Hall–Kier alpha value is -1.77. The molecule has 3 heteroatoms. The maximum atomic E-state index is 12.2. The lowest BCUT2D eigenvalue weighted by atomic mass is 10.0. The number of ether oxygens (including phenoxy) is 1. The second-order valence-corrected chi connectivity index (χ2v) is 5.07. The third-order valence-corrected chi connectivity index (χ3v) is 3.09. The van der Waals surface area contributed by atoms with Gasteiger partial charge in [0.15, 0.2) is 5.78 Å². The molecule has 0 spiro atoms. The normalized spacial score (nSPS) is 11.2. The van der Waals surface area contributed by atoms with Crippen LogP contribution in [0.25, 0.3) is 10.9 Å². The molecule has 0 aliphatic heterocycles. The molecule has 2 aromatic rings. The van der Waals surface area contributed by atoms with Crippen LogP contribution in [-0.2, 0) is 0 Å². The monoisotopic (exact) mass is 259 g/mol.